The summed E-state index contributed by atoms with van der Waals surface area (Å²) in [7, 11) is -3.40. The number of amides is 1. The molecule has 1 saturated heterocycles. The SMILES string of the molecule is Cc1nn(-c2ccccc2)c(C)c1CC(=O)N1CCN(S(=O)(=O)Cc2ccccc2)CC1. The molecule has 0 bridgehead atoms. The van der Waals surface area contributed by atoms with Crippen molar-refractivity contribution < 1.29 is 13.2 Å². The van der Waals surface area contributed by atoms with E-state index in [0.29, 0.717) is 26.2 Å². The Kier molecular flexibility index (Phi) is 6.43. The molecule has 1 amide bonds. The minimum absolute atomic E-state index is 0.00363. The summed E-state index contributed by atoms with van der Waals surface area (Å²) >= 11 is 0. The van der Waals surface area contributed by atoms with Crippen molar-refractivity contribution in [3.05, 3.63) is 83.2 Å². The standard InChI is InChI=1S/C24H28N4O3S/c1-19-23(20(2)28(25-19)22-11-7-4-8-12-22)17-24(29)26-13-15-27(16-14-26)32(30,31)18-21-9-5-3-6-10-21/h3-12H,13-18H2,1-2H3. The lowest BCUT2D eigenvalue weighted by molar-refractivity contribution is -0.131. The van der Waals surface area contributed by atoms with Gasteiger partial charge in [-0.15, -0.1) is 0 Å². The van der Waals surface area contributed by atoms with Gasteiger partial charge < -0.3 is 4.90 Å². The molecule has 8 heteroatoms. The summed E-state index contributed by atoms with van der Waals surface area (Å²) < 4.78 is 28.9. The van der Waals surface area contributed by atoms with Crippen LogP contribution in [0.5, 0.6) is 0 Å². The van der Waals surface area contributed by atoms with Crippen molar-refractivity contribution in [3.8, 4) is 5.69 Å². The van der Waals surface area contributed by atoms with Crippen LogP contribution in [0.1, 0.15) is 22.5 Å². The Morgan fingerprint density at radius 2 is 1.50 bits per heavy atom. The average Bonchev–Trinajstić information content (AvgIpc) is 3.08. The summed E-state index contributed by atoms with van der Waals surface area (Å²) in [4.78, 5) is 14.7. The van der Waals surface area contributed by atoms with E-state index in [-0.39, 0.29) is 18.1 Å². The highest BCUT2D eigenvalue weighted by Crippen LogP contribution is 2.20. The fourth-order valence-electron chi connectivity index (χ4n) is 4.11. The monoisotopic (exact) mass is 452 g/mol. The van der Waals surface area contributed by atoms with E-state index in [4.69, 9.17) is 0 Å². The first-order valence-electron chi connectivity index (χ1n) is 10.8. The van der Waals surface area contributed by atoms with Gasteiger partial charge in [0, 0.05) is 37.4 Å². The van der Waals surface area contributed by atoms with Crippen LogP contribution in [-0.2, 0) is 27.0 Å². The number of carbonyl (C=O) groups is 1. The van der Waals surface area contributed by atoms with Gasteiger partial charge in [0.2, 0.25) is 15.9 Å². The van der Waals surface area contributed by atoms with Crippen molar-refractivity contribution in [1.29, 1.82) is 0 Å². The average molecular weight is 453 g/mol. The third kappa shape index (κ3) is 4.76. The molecular weight excluding hydrogens is 424 g/mol. The normalized spacial score (nSPS) is 15.1. The Labute approximate surface area is 189 Å². The number of para-hydroxylation sites is 1. The van der Waals surface area contributed by atoms with Crippen LogP contribution in [0.3, 0.4) is 0 Å². The number of nitrogens with zero attached hydrogens (tertiary/aromatic N) is 4. The van der Waals surface area contributed by atoms with Gasteiger partial charge in [-0.3, -0.25) is 4.79 Å². The molecule has 7 nitrogen and oxygen atoms in total. The number of carbonyl (C=O) groups excluding carboxylic acids is 1. The molecule has 0 aliphatic carbocycles. The second-order valence-electron chi connectivity index (χ2n) is 8.10. The van der Waals surface area contributed by atoms with Gasteiger partial charge in [-0.05, 0) is 31.5 Å². The van der Waals surface area contributed by atoms with Crippen LogP contribution < -0.4 is 0 Å². The molecule has 1 aliphatic rings. The molecule has 2 aromatic carbocycles. The molecule has 3 aromatic rings. The zero-order valence-electron chi connectivity index (χ0n) is 18.4. The van der Waals surface area contributed by atoms with Crippen LogP contribution in [0, 0.1) is 13.8 Å². The van der Waals surface area contributed by atoms with E-state index in [2.05, 4.69) is 5.10 Å². The van der Waals surface area contributed by atoms with Crippen molar-refractivity contribution >= 4 is 15.9 Å². The smallest absolute Gasteiger partial charge is 0.227 e. The van der Waals surface area contributed by atoms with Gasteiger partial charge in [-0.2, -0.15) is 9.40 Å². The van der Waals surface area contributed by atoms with Gasteiger partial charge in [0.05, 0.1) is 23.6 Å². The fraction of sp³-hybridized carbons (Fsp3) is 0.333. The maximum Gasteiger partial charge on any atom is 0.227 e. The molecule has 4 rings (SSSR count). The Balaban J connectivity index is 1.39. The summed E-state index contributed by atoms with van der Waals surface area (Å²) in [5, 5.41) is 4.62. The molecule has 0 spiro atoms. The van der Waals surface area contributed by atoms with Crippen molar-refractivity contribution in [2.75, 3.05) is 26.2 Å². The van der Waals surface area contributed by atoms with Crippen LogP contribution in [-0.4, -0.2) is 59.5 Å². The zero-order chi connectivity index (χ0) is 22.7. The predicted octanol–water partition coefficient (Wildman–Crippen LogP) is 2.71. The first-order chi connectivity index (χ1) is 15.3. The maximum atomic E-state index is 13.0. The summed E-state index contributed by atoms with van der Waals surface area (Å²) in [6.07, 6.45) is 0.265. The highest BCUT2D eigenvalue weighted by atomic mass is 32.2. The number of piperazine rings is 1. The Hall–Kier alpha value is -2.97. The third-order valence-electron chi connectivity index (χ3n) is 5.95. The second kappa shape index (κ2) is 9.26. The van der Waals surface area contributed by atoms with Gasteiger partial charge >= 0.3 is 0 Å². The zero-order valence-corrected chi connectivity index (χ0v) is 19.3. The molecule has 32 heavy (non-hydrogen) atoms. The van der Waals surface area contributed by atoms with Crippen molar-refractivity contribution in [2.24, 2.45) is 0 Å². The molecule has 0 unspecified atom stereocenters. The van der Waals surface area contributed by atoms with E-state index < -0.39 is 10.0 Å². The lowest BCUT2D eigenvalue weighted by Gasteiger charge is -2.34. The number of sulfonamides is 1. The molecule has 0 radical (unpaired) electrons. The van der Waals surface area contributed by atoms with Crippen LogP contribution in [0.4, 0.5) is 0 Å². The van der Waals surface area contributed by atoms with E-state index in [1.54, 1.807) is 4.90 Å². The number of rotatable bonds is 6. The number of aryl methyl sites for hydroxylation is 1. The highest BCUT2D eigenvalue weighted by Gasteiger charge is 2.29. The molecular formula is C24H28N4O3S. The van der Waals surface area contributed by atoms with Crippen molar-refractivity contribution in [3.63, 3.8) is 0 Å². The lowest BCUT2D eigenvalue weighted by Crippen LogP contribution is -2.51. The maximum absolute atomic E-state index is 13.0. The second-order valence-corrected chi connectivity index (χ2v) is 10.1. The van der Waals surface area contributed by atoms with Crippen molar-refractivity contribution in [1.82, 2.24) is 19.0 Å². The van der Waals surface area contributed by atoms with Crippen LogP contribution in [0.25, 0.3) is 5.69 Å². The van der Waals surface area contributed by atoms with E-state index in [1.807, 2.05) is 79.2 Å². The quantitative estimate of drug-likeness (QED) is 0.576. The molecule has 1 aliphatic heterocycles. The molecule has 0 atom stereocenters. The molecule has 1 fully saturated rings. The number of benzene rings is 2. The summed E-state index contributed by atoms with van der Waals surface area (Å²) in [6.45, 7) is 5.34. The molecule has 168 valence electrons. The largest absolute Gasteiger partial charge is 0.340 e. The highest BCUT2D eigenvalue weighted by molar-refractivity contribution is 7.88. The van der Waals surface area contributed by atoms with E-state index in [9.17, 15) is 13.2 Å². The Morgan fingerprint density at radius 1 is 0.906 bits per heavy atom. The van der Waals surface area contributed by atoms with Crippen LogP contribution in [0.15, 0.2) is 60.7 Å². The van der Waals surface area contributed by atoms with E-state index in [1.165, 1.54) is 4.31 Å². The van der Waals surface area contributed by atoms with Gasteiger partial charge in [0.1, 0.15) is 0 Å². The predicted molar refractivity (Wildman–Crippen MR) is 124 cm³/mol. The topological polar surface area (TPSA) is 75.5 Å². The van der Waals surface area contributed by atoms with E-state index in [0.717, 1.165) is 28.2 Å². The molecule has 2 heterocycles. The van der Waals surface area contributed by atoms with Gasteiger partial charge in [0.25, 0.3) is 0 Å². The molecule has 1 aromatic heterocycles. The minimum Gasteiger partial charge on any atom is -0.340 e. The lowest BCUT2D eigenvalue weighted by atomic mass is 10.1. The minimum atomic E-state index is -3.40. The van der Waals surface area contributed by atoms with Gasteiger partial charge in [-0.25, -0.2) is 13.1 Å². The third-order valence-corrected chi connectivity index (χ3v) is 7.80. The van der Waals surface area contributed by atoms with Gasteiger partial charge in [0.15, 0.2) is 0 Å². The Morgan fingerprint density at radius 3 is 2.12 bits per heavy atom. The number of hydrogen-bond acceptors (Lipinski definition) is 4. The van der Waals surface area contributed by atoms with Crippen molar-refractivity contribution in [2.45, 2.75) is 26.0 Å². The molecule has 0 saturated carbocycles. The number of hydrogen-bond donors (Lipinski definition) is 0. The van der Waals surface area contributed by atoms with Crippen LogP contribution in [0.2, 0.25) is 0 Å². The first-order valence-corrected chi connectivity index (χ1v) is 12.4. The van der Waals surface area contributed by atoms with Gasteiger partial charge in [-0.1, -0.05) is 48.5 Å². The fourth-order valence-corrected chi connectivity index (χ4v) is 5.62. The molecule has 0 N–H and O–H groups in total. The van der Waals surface area contributed by atoms with Crippen LogP contribution >= 0.6 is 0 Å². The first kappa shape index (κ1) is 22.2. The Bertz CT molecular complexity index is 1180. The number of aromatic nitrogens is 2. The van der Waals surface area contributed by atoms with E-state index >= 15 is 0 Å². The summed E-state index contributed by atoms with van der Waals surface area (Å²) in [5.74, 6) is -0.0114. The summed E-state index contributed by atoms with van der Waals surface area (Å²) in [6, 6.07) is 19.0. The summed E-state index contributed by atoms with van der Waals surface area (Å²) in [5.41, 5.74) is 4.45.